The molecule has 0 fully saturated rings. The third-order valence-corrected chi connectivity index (χ3v) is 3.12. The van der Waals surface area contributed by atoms with Crippen molar-refractivity contribution in [2.24, 2.45) is 11.1 Å². The van der Waals surface area contributed by atoms with E-state index in [0.717, 1.165) is 13.0 Å². The molecular formula is C12H28N2. The Morgan fingerprint density at radius 2 is 1.64 bits per heavy atom. The summed E-state index contributed by atoms with van der Waals surface area (Å²) >= 11 is 0. The van der Waals surface area contributed by atoms with Crippen LogP contribution in [0.5, 0.6) is 0 Å². The highest BCUT2D eigenvalue weighted by molar-refractivity contribution is 4.91. The van der Waals surface area contributed by atoms with Crippen molar-refractivity contribution in [3.8, 4) is 0 Å². The van der Waals surface area contributed by atoms with E-state index in [1.165, 1.54) is 19.3 Å². The Kier molecular flexibility index (Phi) is 5.68. The highest BCUT2D eigenvalue weighted by atomic mass is 15.1. The molecule has 0 amide bonds. The SMILES string of the molecule is CCCCCNC(N)(CC)C(C)(C)C. The summed E-state index contributed by atoms with van der Waals surface area (Å²) in [6, 6.07) is 0. The fourth-order valence-corrected chi connectivity index (χ4v) is 1.61. The number of nitrogens with one attached hydrogen (secondary N) is 1. The Hall–Kier alpha value is -0.0800. The van der Waals surface area contributed by atoms with E-state index in [9.17, 15) is 0 Å². The van der Waals surface area contributed by atoms with E-state index in [0.29, 0.717) is 0 Å². The minimum Gasteiger partial charge on any atom is -0.313 e. The summed E-state index contributed by atoms with van der Waals surface area (Å²) in [5.74, 6) is 0. The van der Waals surface area contributed by atoms with Crippen molar-refractivity contribution >= 4 is 0 Å². The third-order valence-electron chi connectivity index (χ3n) is 3.12. The van der Waals surface area contributed by atoms with Crippen LogP contribution in [0.25, 0.3) is 0 Å². The molecule has 0 aromatic heterocycles. The number of hydrogen-bond donors (Lipinski definition) is 2. The van der Waals surface area contributed by atoms with E-state index in [1.807, 2.05) is 0 Å². The van der Waals surface area contributed by atoms with Gasteiger partial charge < -0.3 is 5.73 Å². The normalized spacial score (nSPS) is 16.7. The van der Waals surface area contributed by atoms with E-state index in [-0.39, 0.29) is 11.1 Å². The van der Waals surface area contributed by atoms with Gasteiger partial charge in [-0.15, -0.1) is 0 Å². The van der Waals surface area contributed by atoms with E-state index < -0.39 is 0 Å². The summed E-state index contributed by atoms with van der Waals surface area (Å²) in [7, 11) is 0. The zero-order valence-electron chi connectivity index (χ0n) is 10.6. The second-order valence-electron chi connectivity index (χ2n) is 5.21. The van der Waals surface area contributed by atoms with Crippen LogP contribution in [0, 0.1) is 5.41 Å². The highest BCUT2D eigenvalue weighted by Crippen LogP contribution is 2.28. The molecule has 1 atom stereocenters. The molecule has 0 bridgehead atoms. The lowest BCUT2D eigenvalue weighted by Gasteiger charge is -2.42. The molecule has 0 saturated carbocycles. The van der Waals surface area contributed by atoms with Crippen LogP contribution in [0.3, 0.4) is 0 Å². The molecule has 0 aromatic carbocycles. The second-order valence-corrected chi connectivity index (χ2v) is 5.21. The summed E-state index contributed by atoms with van der Waals surface area (Å²) in [6.07, 6.45) is 4.76. The molecule has 0 rings (SSSR count). The average Bonchev–Trinajstić information content (AvgIpc) is 2.10. The molecule has 0 saturated heterocycles. The van der Waals surface area contributed by atoms with Gasteiger partial charge in [-0.3, -0.25) is 5.32 Å². The molecule has 0 radical (unpaired) electrons. The molecule has 86 valence electrons. The van der Waals surface area contributed by atoms with E-state index in [2.05, 4.69) is 39.9 Å². The van der Waals surface area contributed by atoms with Gasteiger partial charge >= 0.3 is 0 Å². The monoisotopic (exact) mass is 200 g/mol. The number of rotatable bonds is 6. The van der Waals surface area contributed by atoms with Gasteiger partial charge in [0.2, 0.25) is 0 Å². The molecule has 2 heteroatoms. The van der Waals surface area contributed by atoms with Gasteiger partial charge in [-0.2, -0.15) is 0 Å². The first-order valence-electron chi connectivity index (χ1n) is 5.91. The van der Waals surface area contributed by atoms with Gasteiger partial charge in [-0.25, -0.2) is 0 Å². The van der Waals surface area contributed by atoms with Crippen LogP contribution in [-0.2, 0) is 0 Å². The first-order chi connectivity index (χ1) is 6.37. The standard InChI is InChI=1S/C12H28N2/c1-6-8-9-10-14-12(13,7-2)11(3,4)5/h14H,6-10,13H2,1-5H3. The van der Waals surface area contributed by atoms with Gasteiger partial charge in [-0.05, 0) is 24.8 Å². The maximum atomic E-state index is 6.35. The second kappa shape index (κ2) is 5.72. The average molecular weight is 200 g/mol. The topological polar surface area (TPSA) is 38.0 Å². The van der Waals surface area contributed by atoms with Gasteiger partial charge in [0, 0.05) is 0 Å². The molecule has 1 unspecified atom stereocenters. The Bertz CT molecular complexity index is 149. The molecule has 0 aliphatic rings. The zero-order valence-corrected chi connectivity index (χ0v) is 10.6. The summed E-state index contributed by atoms with van der Waals surface area (Å²) < 4.78 is 0. The fourth-order valence-electron chi connectivity index (χ4n) is 1.61. The van der Waals surface area contributed by atoms with Crippen LogP contribution >= 0.6 is 0 Å². The van der Waals surface area contributed by atoms with Crippen molar-refractivity contribution in [3.63, 3.8) is 0 Å². The molecule has 0 aromatic rings. The molecule has 0 aliphatic heterocycles. The predicted octanol–water partition coefficient (Wildman–Crippen LogP) is 2.88. The largest absolute Gasteiger partial charge is 0.313 e. The molecule has 3 N–H and O–H groups in total. The summed E-state index contributed by atoms with van der Waals surface area (Å²) in [5, 5.41) is 3.50. The lowest BCUT2D eigenvalue weighted by molar-refractivity contribution is 0.136. The van der Waals surface area contributed by atoms with Crippen LogP contribution in [0.15, 0.2) is 0 Å². The molecule has 14 heavy (non-hydrogen) atoms. The van der Waals surface area contributed by atoms with Gasteiger partial charge in [0.1, 0.15) is 0 Å². The zero-order chi connectivity index (χ0) is 11.2. The smallest absolute Gasteiger partial charge is 0.0709 e. The lowest BCUT2D eigenvalue weighted by Crippen LogP contribution is -2.61. The van der Waals surface area contributed by atoms with Crippen molar-refractivity contribution < 1.29 is 0 Å². The number of unbranched alkanes of at least 4 members (excludes halogenated alkanes) is 2. The molecule has 0 spiro atoms. The van der Waals surface area contributed by atoms with Crippen molar-refractivity contribution in [3.05, 3.63) is 0 Å². The summed E-state index contributed by atoms with van der Waals surface area (Å²) in [4.78, 5) is 0. The molecule has 0 heterocycles. The van der Waals surface area contributed by atoms with Crippen LogP contribution < -0.4 is 11.1 Å². The fraction of sp³-hybridized carbons (Fsp3) is 1.00. The summed E-state index contributed by atoms with van der Waals surface area (Å²) in [6.45, 7) is 12.0. The van der Waals surface area contributed by atoms with Crippen molar-refractivity contribution in [2.45, 2.75) is 66.0 Å². The van der Waals surface area contributed by atoms with Crippen molar-refractivity contribution in [1.82, 2.24) is 5.32 Å². The maximum Gasteiger partial charge on any atom is 0.0709 e. The quantitative estimate of drug-likeness (QED) is 0.511. The Balaban J connectivity index is 4.01. The van der Waals surface area contributed by atoms with Gasteiger partial charge in [0.25, 0.3) is 0 Å². The minimum absolute atomic E-state index is 0.119. The predicted molar refractivity (Wildman–Crippen MR) is 64.2 cm³/mol. The minimum atomic E-state index is -0.221. The lowest BCUT2D eigenvalue weighted by atomic mass is 9.79. The van der Waals surface area contributed by atoms with Crippen LogP contribution in [0.4, 0.5) is 0 Å². The highest BCUT2D eigenvalue weighted by Gasteiger charge is 2.35. The molecular weight excluding hydrogens is 172 g/mol. The van der Waals surface area contributed by atoms with Gasteiger partial charge in [0.05, 0.1) is 5.66 Å². The van der Waals surface area contributed by atoms with Crippen LogP contribution in [0.1, 0.15) is 60.3 Å². The van der Waals surface area contributed by atoms with E-state index >= 15 is 0 Å². The third kappa shape index (κ3) is 3.97. The summed E-state index contributed by atoms with van der Waals surface area (Å²) in [5.41, 5.74) is 6.24. The first kappa shape index (κ1) is 13.9. The van der Waals surface area contributed by atoms with Crippen molar-refractivity contribution in [1.29, 1.82) is 0 Å². The number of nitrogens with two attached hydrogens (primary N) is 1. The maximum absolute atomic E-state index is 6.35. The molecule has 0 aliphatic carbocycles. The Labute approximate surface area is 89.6 Å². The van der Waals surface area contributed by atoms with E-state index in [4.69, 9.17) is 5.73 Å². The van der Waals surface area contributed by atoms with Gasteiger partial charge in [-0.1, -0.05) is 47.5 Å². The van der Waals surface area contributed by atoms with E-state index in [1.54, 1.807) is 0 Å². The van der Waals surface area contributed by atoms with Gasteiger partial charge in [0.15, 0.2) is 0 Å². The Morgan fingerprint density at radius 3 is 2.00 bits per heavy atom. The number of hydrogen-bond acceptors (Lipinski definition) is 2. The first-order valence-corrected chi connectivity index (χ1v) is 5.91. The van der Waals surface area contributed by atoms with Crippen molar-refractivity contribution in [2.75, 3.05) is 6.54 Å². The Morgan fingerprint density at radius 1 is 1.07 bits per heavy atom. The van der Waals surface area contributed by atoms with Crippen LogP contribution in [0.2, 0.25) is 0 Å². The molecule has 2 nitrogen and oxygen atoms in total. The van der Waals surface area contributed by atoms with Crippen LogP contribution in [-0.4, -0.2) is 12.2 Å².